The highest BCUT2D eigenvalue weighted by atomic mass is 16.5. The summed E-state index contributed by atoms with van der Waals surface area (Å²) in [4.78, 5) is 12.5. The summed E-state index contributed by atoms with van der Waals surface area (Å²) in [6, 6.07) is 0.461. The van der Waals surface area contributed by atoms with Crippen LogP contribution in [0.15, 0.2) is 0 Å². The fourth-order valence-corrected chi connectivity index (χ4v) is 4.04. The summed E-state index contributed by atoms with van der Waals surface area (Å²) in [5, 5.41) is 21.3. The Bertz CT molecular complexity index is 339. The van der Waals surface area contributed by atoms with Gasteiger partial charge in [0.25, 0.3) is 0 Å². The fourth-order valence-electron chi connectivity index (χ4n) is 4.04. The third-order valence-corrected chi connectivity index (χ3v) is 4.98. The molecule has 5 nitrogen and oxygen atoms in total. The molecule has 2 aliphatic rings. The number of hydrogen-bond donors (Lipinski definition) is 3. The van der Waals surface area contributed by atoms with Gasteiger partial charge >= 0.3 is 13.1 Å². The third-order valence-electron chi connectivity index (χ3n) is 4.98. The Labute approximate surface area is 121 Å². The summed E-state index contributed by atoms with van der Waals surface area (Å²) in [7, 11) is -1.24. The maximum Gasteiger partial charge on any atom is 0.451 e. The number of ether oxygens (including phenoxy) is 1. The van der Waals surface area contributed by atoms with Crippen LogP contribution in [0.3, 0.4) is 0 Å². The van der Waals surface area contributed by atoms with Gasteiger partial charge in [-0.25, -0.2) is 0 Å². The van der Waals surface area contributed by atoms with Gasteiger partial charge in [0.1, 0.15) is 0 Å². The van der Waals surface area contributed by atoms with Crippen LogP contribution in [-0.4, -0.2) is 42.3 Å². The second kappa shape index (κ2) is 6.92. The number of esters is 1. The normalized spacial score (nSPS) is 32.1. The van der Waals surface area contributed by atoms with Crippen molar-refractivity contribution in [2.75, 3.05) is 13.2 Å². The maximum atomic E-state index is 12.5. The Morgan fingerprint density at radius 3 is 2.90 bits per heavy atom. The molecule has 0 bridgehead atoms. The Morgan fingerprint density at radius 1 is 1.40 bits per heavy atom. The second-order valence-corrected chi connectivity index (χ2v) is 6.10. The number of carbonyl (C=O) groups is 1. The van der Waals surface area contributed by atoms with Crippen LogP contribution in [0.25, 0.3) is 0 Å². The zero-order valence-corrected chi connectivity index (χ0v) is 12.3. The van der Waals surface area contributed by atoms with Gasteiger partial charge < -0.3 is 20.1 Å². The molecule has 0 amide bonds. The van der Waals surface area contributed by atoms with Crippen LogP contribution < -0.4 is 5.32 Å². The van der Waals surface area contributed by atoms with Crippen molar-refractivity contribution >= 4 is 13.1 Å². The minimum absolute atomic E-state index is 0.0410. The van der Waals surface area contributed by atoms with Crippen molar-refractivity contribution < 1.29 is 19.6 Å². The average molecular weight is 283 g/mol. The van der Waals surface area contributed by atoms with Gasteiger partial charge in [-0.15, -0.1) is 0 Å². The molecular formula is C14H26BNO4. The minimum atomic E-state index is -1.24. The molecule has 0 aromatic heterocycles. The molecule has 0 unspecified atom stereocenters. The Morgan fingerprint density at radius 2 is 2.20 bits per heavy atom. The zero-order chi connectivity index (χ0) is 14.6. The molecule has 20 heavy (non-hydrogen) atoms. The molecule has 6 heteroatoms. The molecule has 2 rings (SSSR count). The topological polar surface area (TPSA) is 78.8 Å². The van der Waals surface area contributed by atoms with Crippen molar-refractivity contribution in [3.63, 3.8) is 0 Å². The number of hydrogen-bond acceptors (Lipinski definition) is 5. The summed E-state index contributed by atoms with van der Waals surface area (Å²) >= 11 is 0. The van der Waals surface area contributed by atoms with E-state index >= 15 is 0 Å². The standard InChI is InChI=1S/C14H26BNO4/c1-2-20-13(17)14(7-3-4-9-15(18)19)8-5-12-11(14)6-10-16-12/h11-12,16,18-19H,2-10H2,1H3/t11-,12-,14+/m0/s1. The largest absolute Gasteiger partial charge is 0.466 e. The van der Waals surface area contributed by atoms with Crippen molar-refractivity contribution in [2.24, 2.45) is 11.3 Å². The third kappa shape index (κ3) is 3.18. The Hall–Kier alpha value is -0.585. The summed E-state index contributed by atoms with van der Waals surface area (Å²) < 4.78 is 5.35. The number of unbranched alkanes of at least 4 members (excludes halogenated alkanes) is 1. The van der Waals surface area contributed by atoms with Gasteiger partial charge in [-0.2, -0.15) is 0 Å². The Kier molecular flexibility index (Phi) is 5.46. The van der Waals surface area contributed by atoms with Crippen molar-refractivity contribution in [1.82, 2.24) is 5.32 Å². The average Bonchev–Trinajstić information content (AvgIpc) is 2.98. The zero-order valence-electron chi connectivity index (χ0n) is 12.3. The second-order valence-electron chi connectivity index (χ2n) is 6.10. The van der Waals surface area contributed by atoms with E-state index in [9.17, 15) is 4.79 Å². The van der Waals surface area contributed by atoms with Gasteiger partial charge in [0.05, 0.1) is 12.0 Å². The van der Waals surface area contributed by atoms with E-state index in [2.05, 4.69) is 5.32 Å². The first kappa shape index (κ1) is 15.8. The molecular weight excluding hydrogens is 257 g/mol. The summed E-state index contributed by atoms with van der Waals surface area (Å²) in [6.45, 7) is 3.28. The fraction of sp³-hybridized carbons (Fsp3) is 0.929. The van der Waals surface area contributed by atoms with Crippen molar-refractivity contribution in [3.8, 4) is 0 Å². The first-order valence-electron chi connectivity index (χ1n) is 7.87. The molecule has 3 N–H and O–H groups in total. The first-order chi connectivity index (χ1) is 9.60. The van der Waals surface area contributed by atoms with E-state index in [0.717, 1.165) is 45.1 Å². The lowest BCUT2D eigenvalue weighted by Gasteiger charge is -2.32. The molecule has 1 saturated heterocycles. The lowest BCUT2D eigenvalue weighted by Crippen LogP contribution is -2.38. The van der Waals surface area contributed by atoms with E-state index in [1.165, 1.54) is 0 Å². The number of nitrogens with one attached hydrogen (secondary N) is 1. The highest BCUT2D eigenvalue weighted by Crippen LogP contribution is 2.51. The molecule has 0 spiro atoms. The molecule has 0 aromatic carbocycles. The molecule has 1 aliphatic carbocycles. The van der Waals surface area contributed by atoms with E-state index in [0.29, 0.717) is 24.9 Å². The molecule has 3 atom stereocenters. The number of carbonyl (C=O) groups excluding carboxylic acids is 1. The number of rotatable bonds is 7. The van der Waals surface area contributed by atoms with Gasteiger partial charge in [0, 0.05) is 6.04 Å². The highest BCUT2D eigenvalue weighted by molar-refractivity contribution is 6.40. The van der Waals surface area contributed by atoms with Crippen LogP contribution in [0.5, 0.6) is 0 Å². The van der Waals surface area contributed by atoms with Gasteiger partial charge in [0.15, 0.2) is 0 Å². The van der Waals surface area contributed by atoms with Gasteiger partial charge in [-0.05, 0) is 51.4 Å². The number of fused-ring (bicyclic) bond motifs is 1. The molecule has 2 fully saturated rings. The summed E-state index contributed by atoms with van der Waals surface area (Å²) in [5.74, 6) is 0.348. The predicted octanol–water partition coefficient (Wildman–Crippen LogP) is 0.951. The lowest BCUT2D eigenvalue weighted by atomic mass is 9.71. The van der Waals surface area contributed by atoms with Crippen molar-refractivity contribution in [3.05, 3.63) is 0 Å². The van der Waals surface area contributed by atoms with Crippen molar-refractivity contribution in [1.29, 1.82) is 0 Å². The van der Waals surface area contributed by atoms with Crippen LogP contribution in [0.1, 0.15) is 45.4 Å². The van der Waals surface area contributed by atoms with E-state index in [-0.39, 0.29) is 11.4 Å². The summed E-state index contributed by atoms with van der Waals surface area (Å²) in [5.41, 5.74) is -0.343. The lowest BCUT2D eigenvalue weighted by molar-refractivity contribution is -0.158. The highest BCUT2D eigenvalue weighted by Gasteiger charge is 2.55. The molecule has 114 valence electrons. The van der Waals surface area contributed by atoms with Crippen LogP contribution in [0.2, 0.25) is 6.32 Å². The van der Waals surface area contributed by atoms with E-state index in [1.807, 2.05) is 6.92 Å². The molecule has 1 saturated carbocycles. The molecule has 0 radical (unpaired) electrons. The summed E-state index contributed by atoms with van der Waals surface area (Å²) in [6.07, 6.45) is 5.77. The van der Waals surface area contributed by atoms with E-state index in [4.69, 9.17) is 14.8 Å². The van der Waals surface area contributed by atoms with Gasteiger partial charge in [0.2, 0.25) is 0 Å². The quantitative estimate of drug-likeness (QED) is 0.368. The maximum absolute atomic E-state index is 12.5. The SMILES string of the molecule is CCOC(=O)[C@]1(CCCCB(O)O)CC[C@@H]2NCC[C@@H]21. The van der Waals surface area contributed by atoms with Gasteiger partial charge in [-0.3, -0.25) is 4.79 Å². The molecule has 1 aliphatic heterocycles. The minimum Gasteiger partial charge on any atom is -0.466 e. The Balaban J connectivity index is 1.99. The van der Waals surface area contributed by atoms with Gasteiger partial charge in [-0.1, -0.05) is 12.8 Å². The predicted molar refractivity (Wildman–Crippen MR) is 77.0 cm³/mol. The molecule has 0 aromatic rings. The van der Waals surface area contributed by atoms with E-state index < -0.39 is 7.12 Å². The van der Waals surface area contributed by atoms with Crippen molar-refractivity contribution in [2.45, 2.75) is 57.8 Å². The monoisotopic (exact) mass is 283 g/mol. The van der Waals surface area contributed by atoms with Crippen LogP contribution in [-0.2, 0) is 9.53 Å². The van der Waals surface area contributed by atoms with Crippen LogP contribution in [0.4, 0.5) is 0 Å². The van der Waals surface area contributed by atoms with E-state index in [1.54, 1.807) is 0 Å². The van der Waals surface area contributed by atoms with Crippen LogP contribution >= 0.6 is 0 Å². The smallest absolute Gasteiger partial charge is 0.451 e. The van der Waals surface area contributed by atoms with Crippen LogP contribution in [0, 0.1) is 11.3 Å². The first-order valence-corrected chi connectivity index (χ1v) is 7.87. The molecule has 1 heterocycles.